The Bertz CT molecular complexity index is 558. The Kier molecular flexibility index (Phi) is 5.14. The van der Waals surface area contributed by atoms with E-state index in [-0.39, 0.29) is 6.04 Å². The molecule has 2 rings (SSSR count). The van der Waals surface area contributed by atoms with E-state index in [1.165, 1.54) is 10.6 Å². The molecule has 1 atom stereocenters. The molecule has 0 saturated carbocycles. The van der Waals surface area contributed by atoms with Crippen LogP contribution in [0.25, 0.3) is 0 Å². The van der Waals surface area contributed by atoms with E-state index in [2.05, 4.69) is 25.8 Å². The van der Waals surface area contributed by atoms with Gasteiger partial charge in [-0.15, -0.1) is 0 Å². The van der Waals surface area contributed by atoms with Crippen LogP contribution in [0.15, 0.2) is 22.9 Å². The number of rotatable bonds is 4. The fraction of sp³-hybridized carbons (Fsp3) is 0.583. The molecule has 0 amide bonds. The lowest BCUT2D eigenvalue weighted by Gasteiger charge is -2.38. The van der Waals surface area contributed by atoms with Gasteiger partial charge in [-0.05, 0) is 27.6 Å². The van der Waals surface area contributed by atoms with Gasteiger partial charge in [-0.1, -0.05) is 0 Å². The summed E-state index contributed by atoms with van der Waals surface area (Å²) in [7, 11) is -3.10. The van der Waals surface area contributed by atoms with Gasteiger partial charge in [-0.3, -0.25) is 9.88 Å². The van der Waals surface area contributed by atoms with Crippen molar-refractivity contribution in [2.24, 2.45) is 5.73 Å². The van der Waals surface area contributed by atoms with Gasteiger partial charge in [0, 0.05) is 55.6 Å². The molecule has 1 saturated heterocycles. The van der Waals surface area contributed by atoms with Gasteiger partial charge >= 0.3 is 0 Å². The zero-order valence-corrected chi connectivity index (χ0v) is 13.8. The first-order valence-electron chi connectivity index (χ1n) is 6.41. The summed E-state index contributed by atoms with van der Waals surface area (Å²) in [5.41, 5.74) is 6.94. The van der Waals surface area contributed by atoms with Crippen molar-refractivity contribution in [3.63, 3.8) is 0 Å². The Morgan fingerprint density at radius 3 is 2.50 bits per heavy atom. The summed E-state index contributed by atoms with van der Waals surface area (Å²) in [5, 5.41) is 0. The zero-order valence-electron chi connectivity index (χ0n) is 11.4. The third kappa shape index (κ3) is 3.76. The highest BCUT2D eigenvalue weighted by atomic mass is 79.9. The molecule has 0 bridgehead atoms. The van der Waals surface area contributed by atoms with E-state index in [1.54, 1.807) is 6.20 Å². The molecule has 0 aliphatic carbocycles. The van der Waals surface area contributed by atoms with Crippen molar-refractivity contribution in [1.29, 1.82) is 0 Å². The highest BCUT2D eigenvalue weighted by Gasteiger charge is 2.28. The van der Waals surface area contributed by atoms with Gasteiger partial charge in [-0.25, -0.2) is 8.42 Å². The van der Waals surface area contributed by atoms with Crippen molar-refractivity contribution in [3.8, 4) is 0 Å². The minimum atomic E-state index is -3.10. The minimum absolute atomic E-state index is 0.0710. The molecule has 2 N–H and O–H groups in total. The molecule has 6 nitrogen and oxygen atoms in total. The number of halogens is 1. The van der Waals surface area contributed by atoms with Crippen molar-refractivity contribution in [1.82, 2.24) is 14.2 Å². The normalized spacial score (nSPS) is 19.9. The molecule has 2 heterocycles. The molecule has 20 heavy (non-hydrogen) atoms. The van der Waals surface area contributed by atoms with Gasteiger partial charge in [0.25, 0.3) is 0 Å². The van der Waals surface area contributed by atoms with E-state index in [1.807, 2.05) is 12.3 Å². The zero-order chi connectivity index (χ0) is 14.8. The standard InChI is InChI=1S/C12H19BrN4O2S/c1-20(18,19)17-4-2-16(3-5-17)12(7-14)10-6-11(13)9-15-8-10/h6,8-9,12H,2-5,7,14H2,1H3. The lowest BCUT2D eigenvalue weighted by Crippen LogP contribution is -2.50. The van der Waals surface area contributed by atoms with Crippen molar-refractivity contribution >= 4 is 26.0 Å². The van der Waals surface area contributed by atoms with Crippen molar-refractivity contribution in [2.45, 2.75) is 6.04 Å². The Morgan fingerprint density at radius 1 is 1.35 bits per heavy atom. The quantitative estimate of drug-likeness (QED) is 0.839. The number of aromatic nitrogens is 1. The van der Waals surface area contributed by atoms with Crippen molar-refractivity contribution in [2.75, 3.05) is 39.0 Å². The van der Waals surface area contributed by atoms with Gasteiger partial charge in [0.05, 0.1) is 6.26 Å². The molecule has 0 spiro atoms. The van der Waals surface area contributed by atoms with Gasteiger partial charge < -0.3 is 5.73 Å². The van der Waals surface area contributed by atoms with Gasteiger partial charge in [0.2, 0.25) is 10.0 Å². The predicted octanol–water partition coefficient (Wildman–Crippen LogP) is 0.421. The molecule has 1 fully saturated rings. The fourth-order valence-corrected chi connectivity index (χ4v) is 3.66. The molecular weight excluding hydrogens is 344 g/mol. The molecule has 1 aromatic heterocycles. The van der Waals surface area contributed by atoms with Crippen molar-refractivity contribution in [3.05, 3.63) is 28.5 Å². The first-order chi connectivity index (χ1) is 9.41. The Labute approximate surface area is 128 Å². The van der Waals surface area contributed by atoms with Crippen LogP contribution in [-0.2, 0) is 10.0 Å². The Hall–Kier alpha value is -0.540. The number of pyridine rings is 1. The number of nitrogens with two attached hydrogens (primary N) is 1. The largest absolute Gasteiger partial charge is 0.329 e. The summed E-state index contributed by atoms with van der Waals surface area (Å²) < 4.78 is 25.5. The first kappa shape index (κ1) is 15.8. The van der Waals surface area contributed by atoms with E-state index < -0.39 is 10.0 Å². The summed E-state index contributed by atoms with van der Waals surface area (Å²) in [4.78, 5) is 6.38. The maximum absolute atomic E-state index is 11.5. The summed E-state index contributed by atoms with van der Waals surface area (Å²) in [6.45, 7) is 2.87. The number of sulfonamides is 1. The van der Waals surface area contributed by atoms with Crippen LogP contribution in [0.4, 0.5) is 0 Å². The second kappa shape index (κ2) is 6.48. The van der Waals surface area contributed by atoms with Crippen LogP contribution in [0.1, 0.15) is 11.6 Å². The lowest BCUT2D eigenvalue weighted by atomic mass is 10.1. The third-order valence-corrected chi connectivity index (χ3v) is 5.25. The SMILES string of the molecule is CS(=O)(=O)N1CCN(C(CN)c2cncc(Br)c2)CC1. The first-order valence-corrected chi connectivity index (χ1v) is 9.05. The molecule has 1 aliphatic rings. The van der Waals surface area contributed by atoms with Crippen LogP contribution >= 0.6 is 15.9 Å². The molecule has 0 aromatic carbocycles. The lowest BCUT2D eigenvalue weighted by molar-refractivity contribution is 0.140. The molecule has 1 aromatic rings. The van der Waals surface area contributed by atoms with Crippen LogP contribution < -0.4 is 5.73 Å². The molecule has 112 valence electrons. The molecule has 0 radical (unpaired) electrons. The van der Waals surface area contributed by atoms with E-state index in [0.29, 0.717) is 32.7 Å². The van der Waals surface area contributed by atoms with E-state index in [0.717, 1.165) is 10.0 Å². The topological polar surface area (TPSA) is 79.5 Å². The monoisotopic (exact) mass is 362 g/mol. The van der Waals surface area contributed by atoms with Gasteiger partial charge in [-0.2, -0.15) is 4.31 Å². The smallest absolute Gasteiger partial charge is 0.211 e. The van der Waals surface area contributed by atoms with Crippen molar-refractivity contribution < 1.29 is 8.42 Å². The maximum Gasteiger partial charge on any atom is 0.211 e. The van der Waals surface area contributed by atoms with Crippen LogP contribution in [0, 0.1) is 0 Å². The Morgan fingerprint density at radius 2 is 2.00 bits per heavy atom. The highest BCUT2D eigenvalue weighted by molar-refractivity contribution is 9.10. The van der Waals surface area contributed by atoms with E-state index in [4.69, 9.17) is 5.73 Å². The van der Waals surface area contributed by atoms with E-state index >= 15 is 0 Å². The number of piperazine rings is 1. The number of hydrogen-bond acceptors (Lipinski definition) is 5. The molecule has 1 aliphatic heterocycles. The van der Waals surface area contributed by atoms with Crippen LogP contribution in [0.3, 0.4) is 0 Å². The minimum Gasteiger partial charge on any atom is -0.329 e. The predicted molar refractivity (Wildman–Crippen MR) is 81.7 cm³/mol. The van der Waals surface area contributed by atoms with Gasteiger partial charge in [0.15, 0.2) is 0 Å². The molecule has 1 unspecified atom stereocenters. The summed E-state index contributed by atoms with van der Waals surface area (Å²) in [5.74, 6) is 0. The average molecular weight is 363 g/mol. The number of nitrogens with zero attached hydrogens (tertiary/aromatic N) is 3. The summed E-state index contributed by atoms with van der Waals surface area (Å²) in [6.07, 6.45) is 4.80. The maximum atomic E-state index is 11.5. The second-order valence-corrected chi connectivity index (χ2v) is 7.78. The van der Waals surface area contributed by atoms with Gasteiger partial charge in [0.1, 0.15) is 0 Å². The highest BCUT2D eigenvalue weighted by Crippen LogP contribution is 2.23. The van der Waals surface area contributed by atoms with Crippen LogP contribution in [0.2, 0.25) is 0 Å². The summed E-state index contributed by atoms with van der Waals surface area (Å²) in [6, 6.07) is 2.08. The third-order valence-electron chi connectivity index (χ3n) is 3.52. The van der Waals surface area contributed by atoms with Crippen LogP contribution in [-0.4, -0.2) is 61.6 Å². The molecule has 8 heteroatoms. The molecular formula is C12H19BrN4O2S. The average Bonchev–Trinajstić information content (AvgIpc) is 2.39. The Balaban J connectivity index is 2.08. The fourth-order valence-electron chi connectivity index (χ4n) is 2.45. The van der Waals surface area contributed by atoms with Crippen LogP contribution in [0.5, 0.6) is 0 Å². The number of hydrogen-bond donors (Lipinski definition) is 1. The summed E-state index contributed by atoms with van der Waals surface area (Å²) >= 11 is 3.41. The van der Waals surface area contributed by atoms with E-state index in [9.17, 15) is 8.42 Å². The second-order valence-electron chi connectivity index (χ2n) is 4.89.